The highest BCUT2D eigenvalue weighted by Crippen LogP contribution is 2.29. The van der Waals surface area contributed by atoms with E-state index >= 15 is 0 Å². The molecule has 0 spiro atoms. The van der Waals surface area contributed by atoms with Crippen LogP contribution in [0.25, 0.3) is 10.8 Å². The molecule has 0 fully saturated rings. The molecular weight excluding hydrogens is 268 g/mol. The Labute approximate surface area is 122 Å². The first-order valence-corrected chi connectivity index (χ1v) is 6.60. The summed E-state index contributed by atoms with van der Waals surface area (Å²) < 4.78 is 0. The van der Waals surface area contributed by atoms with Crippen LogP contribution in [0, 0.1) is 11.3 Å². The summed E-state index contributed by atoms with van der Waals surface area (Å²) in [6, 6.07) is 21.4. The van der Waals surface area contributed by atoms with Crippen molar-refractivity contribution in [2.45, 2.75) is 0 Å². The van der Waals surface area contributed by atoms with Crippen LogP contribution in [0.3, 0.4) is 0 Å². The predicted octanol–water partition coefficient (Wildman–Crippen LogP) is 5.11. The van der Waals surface area contributed by atoms with Crippen molar-refractivity contribution in [1.29, 1.82) is 5.26 Å². The lowest BCUT2D eigenvalue weighted by Gasteiger charge is -2.11. The van der Waals surface area contributed by atoms with Crippen molar-refractivity contribution < 1.29 is 0 Å². The van der Waals surface area contributed by atoms with Gasteiger partial charge in [0.2, 0.25) is 0 Å². The Balaban J connectivity index is 2.09. The number of nitriles is 1. The second kappa shape index (κ2) is 5.24. The number of hydrogen-bond acceptors (Lipinski definition) is 2. The van der Waals surface area contributed by atoms with Crippen molar-refractivity contribution >= 4 is 33.7 Å². The van der Waals surface area contributed by atoms with Crippen LogP contribution in [-0.4, -0.2) is 0 Å². The maximum absolute atomic E-state index is 9.16. The summed E-state index contributed by atoms with van der Waals surface area (Å²) in [7, 11) is 0. The Hall–Kier alpha value is -2.50. The van der Waals surface area contributed by atoms with E-state index in [1.54, 1.807) is 0 Å². The molecule has 3 rings (SSSR count). The SMILES string of the molecule is N#Cc1ccc(Nc2ccc(Cl)cc2)c2ccccc12. The van der Waals surface area contributed by atoms with Crippen molar-refractivity contribution in [2.24, 2.45) is 0 Å². The molecule has 0 unspecified atom stereocenters. The van der Waals surface area contributed by atoms with Crippen LogP contribution in [0.1, 0.15) is 5.56 Å². The van der Waals surface area contributed by atoms with Crippen molar-refractivity contribution in [1.82, 2.24) is 0 Å². The molecule has 0 amide bonds. The zero-order chi connectivity index (χ0) is 13.9. The summed E-state index contributed by atoms with van der Waals surface area (Å²) in [6.07, 6.45) is 0. The van der Waals surface area contributed by atoms with Gasteiger partial charge in [-0.2, -0.15) is 5.26 Å². The first-order valence-electron chi connectivity index (χ1n) is 6.22. The minimum absolute atomic E-state index is 0.683. The lowest BCUT2D eigenvalue weighted by molar-refractivity contribution is 1.50. The summed E-state index contributed by atoms with van der Waals surface area (Å²) in [5.41, 5.74) is 2.62. The second-order valence-electron chi connectivity index (χ2n) is 4.45. The summed E-state index contributed by atoms with van der Waals surface area (Å²) in [5, 5.41) is 15.2. The molecular formula is C17H11ClN2. The normalized spacial score (nSPS) is 10.2. The summed E-state index contributed by atoms with van der Waals surface area (Å²) >= 11 is 5.89. The lowest BCUT2D eigenvalue weighted by atomic mass is 10.0. The van der Waals surface area contributed by atoms with Gasteiger partial charge in [0, 0.05) is 27.2 Å². The van der Waals surface area contributed by atoms with E-state index < -0.39 is 0 Å². The van der Waals surface area contributed by atoms with Crippen LogP contribution in [-0.2, 0) is 0 Å². The van der Waals surface area contributed by atoms with E-state index in [2.05, 4.69) is 11.4 Å². The Morgan fingerprint density at radius 3 is 2.25 bits per heavy atom. The number of rotatable bonds is 2. The van der Waals surface area contributed by atoms with E-state index in [0.29, 0.717) is 10.6 Å². The van der Waals surface area contributed by atoms with E-state index in [1.165, 1.54) is 0 Å². The number of nitrogens with one attached hydrogen (secondary N) is 1. The van der Waals surface area contributed by atoms with Crippen LogP contribution < -0.4 is 5.32 Å². The first-order chi connectivity index (χ1) is 9.78. The van der Waals surface area contributed by atoms with Gasteiger partial charge in [-0.3, -0.25) is 0 Å². The lowest BCUT2D eigenvalue weighted by Crippen LogP contribution is -1.92. The topological polar surface area (TPSA) is 35.8 Å². The molecule has 0 heterocycles. The average molecular weight is 279 g/mol. The van der Waals surface area contributed by atoms with E-state index in [1.807, 2.05) is 60.7 Å². The number of benzene rings is 3. The highest BCUT2D eigenvalue weighted by atomic mass is 35.5. The van der Waals surface area contributed by atoms with Gasteiger partial charge in [0.05, 0.1) is 11.6 Å². The van der Waals surface area contributed by atoms with Crippen molar-refractivity contribution in [3.8, 4) is 6.07 Å². The van der Waals surface area contributed by atoms with Crippen LogP contribution in [0.5, 0.6) is 0 Å². The molecule has 0 bridgehead atoms. The Kier molecular flexibility index (Phi) is 3.28. The minimum atomic E-state index is 0.683. The molecule has 0 atom stereocenters. The molecule has 0 aliphatic heterocycles. The number of hydrogen-bond donors (Lipinski definition) is 1. The third-order valence-electron chi connectivity index (χ3n) is 3.17. The molecule has 0 saturated carbocycles. The average Bonchev–Trinajstić information content (AvgIpc) is 2.50. The van der Waals surface area contributed by atoms with E-state index in [4.69, 9.17) is 16.9 Å². The zero-order valence-corrected chi connectivity index (χ0v) is 11.4. The second-order valence-corrected chi connectivity index (χ2v) is 4.89. The van der Waals surface area contributed by atoms with Gasteiger partial charge in [-0.25, -0.2) is 0 Å². The Bertz CT molecular complexity index is 801. The molecule has 1 N–H and O–H groups in total. The van der Waals surface area contributed by atoms with Crippen molar-refractivity contribution in [2.75, 3.05) is 5.32 Å². The maximum Gasteiger partial charge on any atom is 0.0998 e. The minimum Gasteiger partial charge on any atom is -0.355 e. The number of halogens is 1. The Morgan fingerprint density at radius 1 is 0.850 bits per heavy atom. The predicted molar refractivity (Wildman–Crippen MR) is 83.4 cm³/mol. The molecule has 0 aromatic heterocycles. The molecule has 96 valence electrons. The van der Waals surface area contributed by atoms with Gasteiger partial charge in [-0.05, 0) is 36.4 Å². The number of nitrogens with zero attached hydrogens (tertiary/aromatic N) is 1. The molecule has 2 nitrogen and oxygen atoms in total. The van der Waals surface area contributed by atoms with Gasteiger partial charge >= 0.3 is 0 Å². The fraction of sp³-hybridized carbons (Fsp3) is 0. The van der Waals surface area contributed by atoms with Crippen LogP contribution in [0.2, 0.25) is 5.02 Å². The molecule has 3 aromatic rings. The van der Waals surface area contributed by atoms with Crippen LogP contribution in [0.4, 0.5) is 11.4 Å². The molecule has 0 aliphatic rings. The molecule has 3 heteroatoms. The number of fused-ring (bicyclic) bond motifs is 1. The van der Waals surface area contributed by atoms with Gasteiger partial charge in [0.25, 0.3) is 0 Å². The molecule has 0 aliphatic carbocycles. The van der Waals surface area contributed by atoms with E-state index in [9.17, 15) is 0 Å². The molecule has 0 saturated heterocycles. The quantitative estimate of drug-likeness (QED) is 0.707. The monoisotopic (exact) mass is 278 g/mol. The smallest absolute Gasteiger partial charge is 0.0998 e. The molecule has 0 radical (unpaired) electrons. The van der Waals surface area contributed by atoms with Gasteiger partial charge < -0.3 is 5.32 Å². The van der Waals surface area contributed by atoms with Crippen LogP contribution >= 0.6 is 11.6 Å². The fourth-order valence-corrected chi connectivity index (χ4v) is 2.32. The Morgan fingerprint density at radius 2 is 1.55 bits per heavy atom. The van der Waals surface area contributed by atoms with Gasteiger partial charge in [0.1, 0.15) is 0 Å². The van der Waals surface area contributed by atoms with Crippen molar-refractivity contribution in [3.05, 3.63) is 71.2 Å². The van der Waals surface area contributed by atoms with Crippen LogP contribution in [0.15, 0.2) is 60.7 Å². The zero-order valence-electron chi connectivity index (χ0n) is 10.6. The third-order valence-corrected chi connectivity index (χ3v) is 3.42. The third kappa shape index (κ3) is 2.32. The molecule has 20 heavy (non-hydrogen) atoms. The van der Waals surface area contributed by atoms with E-state index in [0.717, 1.165) is 22.1 Å². The number of anilines is 2. The van der Waals surface area contributed by atoms with Gasteiger partial charge in [0.15, 0.2) is 0 Å². The summed E-state index contributed by atoms with van der Waals surface area (Å²) in [5.74, 6) is 0. The van der Waals surface area contributed by atoms with Gasteiger partial charge in [-0.1, -0.05) is 35.9 Å². The molecule has 3 aromatic carbocycles. The maximum atomic E-state index is 9.16. The summed E-state index contributed by atoms with van der Waals surface area (Å²) in [4.78, 5) is 0. The van der Waals surface area contributed by atoms with Gasteiger partial charge in [-0.15, -0.1) is 0 Å². The highest BCUT2D eigenvalue weighted by Gasteiger charge is 2.05. The van der Waals surface area contributed by atoms with Crippen molar-refractivity contribution in [3.63, 3.8) is 0 Å². The largest absolute Gasteiger partial charge is 0.355 e. The first kappa shape index (κ1) is 12.5. The fourth-order valence-electron chi connectivity index (χ4n) is 2.19. The standard InChI is InChI=1S/C17H11ClN2/c18-13-6-8-14(9-7-13)20-17-10-5-12(11-19)15-3-1-2-4-16(15)17/h1-10,20H. The summed E-state index contributed by atoms with van der Waals surface area (Å²) in [6.45, 7) is 0. The highest BCUT2D eigenvalue weighted by molar-refractivity contribution is 6.30. The van der Waals surface area contributed by atoms with E-state index in [-0.39, 0.29) is 0 Å².